The van der Waals surface area contributed by atoms with E-state index in [2.05, 4.69) is 15.3 Å². The fourth-order valence-corrected chi connectivity index (χ4v) is 3.61. The molecule has 3 heterocycles. The Bertz CT molecular complexity index is 1010. The van der Waals surface area contributed by atoms with E-state index >= 15 is 0 Å². The number of carbonyl (C=O) groups excluding carboxylic acids is 1. The number of aldehydes is 1. The standard InChI is InChI=1S/C19H19ClN4O5/c20-11-3-1-10(2-4-11)13(26)16-14(27)15(28)19(29-16)24-7-5-12-17(21-6-8-25)22-9-23-18(12)24/h1-5,7-9,13-16,19,26-28H,6H2,(H,21,22,23). The van der Waals surface area contributed by atoms with Crippen LogP contribution in [0.2, 0.25) is 5.02 Å². The van der Waals surface area contributed by atoms with E-state index in [1.54, 1.807) is 41.1 Å². The summed E-state index contributed by atoms with van der Waals surface area (Å²) in [6.45, 7) is 0.0912. The number of nitrogens with one attached hydrogen (secondary N) is 1. The molecule has 0 spiro atoms. The van der Waals surface area contributed by atoms with Gasteiger partial charge in [-0.25, -0.2) is 9.97 Å². The predicted molar refractivity (Wildman–Crippen MR) is 104 cm³/mol. The first-order valence-electron chi connectivity index (χ1n) is 8.95. The molecule has 0 aliphatic carbocycles. The van der Waals surface area contributed by atoms with Gasteiger partial charge in [0.15, 0.2) is 6.23 Å². The van der Waals surface area contributed by atoms with Crippen LogP contribution < -0.4 is 5.32 Å². The first kappa shape index (κ1) is 19.7. The SMILES string of the molecule is O=CCNc1ncnc2c1ccn2C1OC(C(O)c2ccc(Cl)cc2)C(O)C1O. The van der Waals surface area contributed by atoms with Crippen LogP contribution in [0, 0.1) is 0 Å². The van der Waals surface area contributed by atoms with E-state index in [0.29, 0.717) is 33.7 Å². The fourth-order valence-electron chi connectivity index (χ4n) is 3.48. The molecule has 0 saturated carbocycles. The van der Waals surface area contributed by atoms with Crippen molar-refractivity contribution in [3.05, 3.63) is 53.4 Å². The topological polar surface area (TPSA) is 130 Å². The van der Waals surface area contributed by atoms with Gasteiger partial charge in [0, 0.05) is 11.2 Å². The van der Waals surface area contributed by atoms with E-state index in [0.717, 1.165) is 0 Å². The van der Waals surface area contributed by atoms with Gasteiger partial charge in [0.1, 0.15) is 48.5 Å². The van der Waals surface area contributed by atoms with Crippen LogP contribution in [0.25, 0.3) is 11.0 Å². The normalized spacial score (nSPS) is 25.2. The van der Waals surface area contributed by atoms with E-state index < -0.39 is 30.6 Å². The van der Waals surface area contributed by atoms with Crippen molar-refractivity contribution in [3.63, 3.8) is 0 Å². The number of hydrogen-bond donors (Lipinski definition) is 4. The van der Waals surface area contributed by atoms with Crippen LogP contribution >= 0.6 is 11.6 Å². The molecule has 0 radical (unpaired) electrons. The summed E-state index contributed by atoms with van der Waals surface area (Å²) in [7, 11) is 0. The number of benzene rings is 1. The van der Waals surface area contributed by atoms with Gasteiger partial charge < -0.3 is 34.7 Å². The minimum absolute atomic E-state index is 0.0912. The zero-order valence-electron chi connectivity index (χ0n) is 15.1. The summed E-state index contributed by atoms with van der Waals surface area (Å²) in [6.07, 6.45) is -2.12. The molecule has 5 unspecified atom stereocenters. The van der Waals surface area contributed by atoms with Gasteiger partial charge in [-0.05, 0) is 23.8 Å². The molecule has 0 amide bonds. The van der Waals surface area contributed by atoms with E-state index in [4.69, 9.17) is 16.3 Å². The van der Waals surface area contributed by atoms with Crippen LogP contribution in [0.1, 0.15) is 17.9 Å². The summed E-state index contributed by atoms with van der Waals surface area (Å²) >= 11 is 5.88. The molecule has 2 aromatic heterocycles. The van der Waals surface area contributed by atoms with Crippen molar-refractivity contribution in [3.8, 4) is 0 Å². The largest absolute Gasteiger partial charge is 0.387 e. The van der Waals surface area contributed by atoms with Crippen molar-refractivity contribution in [1.82, 2.24) is 14.5 Å². The van der Waals surface area contributed by atoms with E-state index in [-0.39, 0.29) is 6.54 Å². The molecule has 9 nitrogen and oxygen atoms in total. The second-order valence-corrected chi connectivity index (χ2v) is 7.14. The summed E-state index contributed by atoms with van der Waals surface area (Å²) in [5.74, 6) is 0.464. The van der Waals surface area contributed by atoms with E-state index in [9.17, 15) is 20.1 Å². The third-order valence-corrected chi connectivity index (χ3v) is 5.19. The first-order valence-corrected chi connectivity index (χ1v) is 9.33. The average Bonchev–Trinajstić information content (AvgIpc) is 3.28. The van der Waals surface area contributed by atoms with E-state index in [1.165, 1.54) is 6.33 Å². The van der Waals surface area contributed by atoms with Crippen LogP contribution in [0.4, 0.5) is 5.82 Å². The molecule has 0 bridgehead atoms. The minimum Gasteiger partial charge on any atom is -0.387 e. The highest BCUT2D eigenvalue weighted by Gasteiger charge is 2.47. The Morgan fingerprint density at radius 3 is 2.69 bits per heavy atom. The smallest absolute Gasteiger partial charge is 0.164 e. The number of aliphatic hydroxyl groups excluding tert-OH is 3. The number of fused-ring (bicyclic) bond motifs is 1. The highest BCUT2D eigenvalue weighted by Crippen LogP contribution is 2.38. The molecule has 10 heteroatoms. The maximum Gasteiger partial charge on any atom is 0.164 e. The van der Waals surface area contributed by atoms with Crippen molar-refractivity contribution in [2.75, 3.05) is 11.9 Å². The van der Waals surface area contributed by atoms with Crippen LogP contribution in [0.3, 0.4) is 0 Å². The Balaban J connectivity index is 1.62. The number of ether oxygens (including phenoxy) is 1. The lowest BCUT2D eigenvalue weighted by Gasteiger charge is -2.21. The van der Waals surface area contributed by atoms with Crippen molar-refractivity contribution < 1.29 is 24.9 Å². The molecular formula is C19H19ClN4O5. The molecule has 1 aliphatic rings. The monoisotopic (exact) mass is 418 g/mol. The number of rotatable bonds is 6. The molecule has 1 aliphatic heterocycles. The van der Waals surface area contributed by atoms with Gasteiger partial charge in [-0.1, -0.05) is 23.7 Å². The Kier molecular flexibility index (Phi) is 5.48. The Morgan fingerprint density at radius 1 is 1.21 bits per heavy atom. The number of nitrogens with zero attached hydrogens (tertiary/aromatic N) is 3. The molecule has 4 rings (SSSR count). The molecule has 5 atom stereocenters. The van der Waals surface area contributed by atoms with Crippen LogP contribution in [-0.4, -0.2) is 61.0 Å². The average molecular weight is 419 g/mol. The van der Waals surface area contributed by atoms with Gasteiger partial charge >= 0.3 is 0 Å². The lowest BCUT2D eigenvalue weighted by molar-refractivity contribution is -0.106. The van der Waals surface area contributed by atoms with Gasteiger partial charge in [0.25, 0.3) is 0 Å². The van der Waals surface area contributed by atoms with Crippen molar-refractivity contribution in [2.45, 2.75) is 30.6 Å². The van der Waals surface area contributed by atoms with Crippen LogP contribution in [-0.2, 0) is 9.53 Å². The van der Waals surface area contributed by atoms with Crippen LogP contribution in [0.15, 0.2) is 42.9 Å². The van der Waals surface area contributed by atoms with Gasteiger partial charge in [-0.2, -0.15) is 0 Å². The second kappa shape index (κ2) is 8.05. The molecule has 1 aromatic carbocycles. The van der Waals surface area contributed by atoms with Gasteiger partial charge in [0.05, 0.1) is 11.9 Å². The molecule has 152 valence electrons. The lowest BCUT2D eigenvalue weighted by atomic mass is 9.99. The molecule has 1 fully saturated rings. The molecule has 4 N–H and O–H groups in total. The predicted octanol–water partition coefficient (Wildman–Crippen LogP) is 1.05. The van der Waals surface area contributed by atoms with Gasteiger partial charge in [-0.3, -0.25) is 0 Å². The minimum atomic E-state index is -1.32. The fraction of sp³-hybridized carbons (Fsp3) is 0.316. The molecule has 3 aromatic rings. The summed E-state index contributed by atoms with van der Waals surface area (Å²) in [5, 5.41) is 35.7. The van der Waals surface area contributed by atoms with Gasteiger partial charge in [-0.15, -0.1) is 0 Å². The summed E-state index contributed by atoms with van der Waals surface area (Å²) in [6, 6.07) is 8.23. The van der Waals surface area contributed by atoms with Gasteiger partial charge in [0.2, 0.25) is 0 Å². The molecule has 1 saturated heterocycles. The highest BCUT2D eigenvalue weighted by atomic mass is 35.5. The Labute approximate surface area is 170 Å². The maximum atomic E-state index is 10.7. The number of aliphatic hydroxyl groups is 3. The number of hydrogen-bond acceptors (Lipinski definition) is 8. The first-order chi connectivity index (χ1) is 14.0. The van der Waals surface area contributed by atoms with E-state index in [1.807, 2.05) is 0 Å². The number of halogens is 1. The summed E-state index contributed by atoms with van der Waals surface area (Å²) in [5.41, 5.74) is 0.956. The summed E-state index contributed by atoms with van der Waals surface area (Å²) in [4.78, 5) is 19.0. The third-order valence-electron chi connectivity index (χ3n) is 4.93. The van der Waals surface area contributed by atoms with Crippen LogP contribution in [0.5, 0.6) is 0 Å². The molecule has 29 heavy (non-hydrogen) atoms. The maximum absolute atomic E-state index is 10.7. The zero-order chi connectivity index (χ0) is 20.5. The number of aromatic nitrogens is 3. The van der Waals surface area contributed by atoms with Crippen molar-refractivity contribution in [2.24, 2.45) is 0 Å². The van der Waals surface area contributed by atoms with Crippen molar-refractivity contribution >= 4 is 34.7 Å². The molecular weight excluding hydrogens is 400 g/mol. The quantitative estimate of drug-likeness (QED) is 0.437. The Morgan fingerprint density at radius 2 is 1.97 bits per heavy atom. The second-order valence-electron chi connectivity index (χ2n) is 6.70. The summed E-state index contributed by atoms with van der Waals surface area (Å²) < 4.78 is 7.41. The third kappa shape index (κ3) is 3.59. The highest BCUT2D eigenvalue weighted by molar-refractivity contribution is 6.30. The number of anilines is 1. The lowest BCUT2D eigenvalue weighted by Crippen LogP contribution is -2.34. The number of carbonyl (C=O) groups is 1. The zero-order valence-corrected chi connectivity index (χ0v) is 15.8. The van der Waals surface area contributed by atoms with Crippen molar-refractivity contribution in [1.29, 1.82) is 0 Å². The Hall–Kier alpha value is -2.56.